The minimum absolute atomic E-state index is 0.0839. The maximum absolute atomic E-state index is 12.5. The molecule has 182 valence electrons. The first-order chi connectivity index (χ1) is 15.9. The highest BCUT2D eigenvalue weighted by molar-refractivity contribution is 6.03. The summed E-state index contributed by atoms with van der Waals surface area (Å²) in [7, 11) is 0. The van der Waals surface area contributed by atoms with Crippen molar-refractivity contribution in [1.29, 1.82) is 0 Å². The summed E-state index contributed by atoms with van der Waals surface area (Å²) in [4.78, 5) is 36.5. The lowest BCUT2D eigenvalue weighted by molar-refractivity contribution is -0.169. The van der Waals surface area contributed by atoms with Crippen molar-refractivity contribution >= 4 is 17.9 Å². The maximum atomic E-state index is 12.5. The third-order valence-corrected chi connectivity index (χ3v) is 5.89. The fourth-order valence-corrected chi connectivity index (χ4v) is 4.10. The van der Waals surface area contributed by atoms with Crippen LogP contribution in [0.3, 0.4) is 0 Å². The molecule has 2 aromatic rings. The molecule has 0 saturated carbocycles. The standard InChI is InChI=1S/C26H32N2O6/c1-25(2,3)34-24(32)26(28,23(30)31)14-8-13-21(27)22(29)33-15-20-18-11-6-4-9-16(18)17-10-5-7-12-19(17)20/h4-7,9-12,20-21H,8,13-15,27-28H2,1-3H3,(H,30,31)/t21?,26-/m0/s1. The highest BCUT2D eigenvalue weighted by Gasteiger charge is 2.45. The van der Waals surface area contributed by atoms with Gasteiger partial charge in [-0.05, 0) is 62.3 Å². The second-order valence-electron chi connectivity index (χ2n) is 9.63. The van der Waals surface area contributed by atoms with Crippen LogP contribution in [0.4, 0.5) is 0 Å². The largest absolute Gasteiger partial charge is 0.479 e. The van der Waals surface area contributed by atoms with Crippen LogP contribution in [0.5, 0.6) is 0 Å². The molecule has 3 rings (SSSR count). The highest BCUT2D eigenvalue weighted by atomic mass is 16.6. The summed E-state index contributed by atoms with van der Waals surface area (Å²) in [6, 6.07) is 15.0. The van der Waals surface area contributed by atoms with Crippen molar-refractivity contribution in [1.82, 2.24) is 0 Å². The van der Waals surface area contributed by atoms with Crippen LogP contribution in [0.1, 0.15) is 57.1 Å². The van der Waals surface area contributed by atoms with Gasteiger partial charge in [0, 0.05) is 5.92 Å². The second kappa shape index (κ2) is 9.95. The van der Waals surface area contributed by atoms with Gasteiger partial charge in [0.15, 0.2) is 0 Å². The number of ether oxygens (including phenoxy) is 2. The zero-order chi connectivity index (χ0) is 25.1. The van der Waals surface area contributed by atoms with Crippen LogP contribution in [0.25, 0.3) is 11.1 Å². The first-order valence-corrected chi connectivity index (χ1v) is 11.3. The predicted octanol–water partition coefficient (Wildman–Crippen LogP) is 2.96. The average molecular weight is 469 g/mol. The molecule has 0 heterocycles. The van der Waals surface area contributed by atoms with Crippen molar-refractivity contribution < 1.29 is 29.0 Å². The summed E-state index contributed by atoms with van der Waals surface area (Å²) in [5.41, 5.74) is 13.2. The van der Waals surface area contributed by atoms with Gasteiger partial charge >= 0.3 is 17.9 Å². The van der Waals surface area contributed by atoms with Gasteiger partial charge in [0.05, 0.1) is 0 Å². The SMILES string of the molecule is CC(C)(C)OC(=O)[C@](N)(CCCC(N)C(=O)OCC1c2ccccc2-c2ccccc21)C(=O)O. The van der Waals surface area contributed by atoms with Crippen LogP contribution in [0.15, 0.2) is 48.5 Å². The van der Waals surface area contributed by atoms with Crippen LogP contribution < -0.4 is 11.5 Å². The summed E-state index contributed by atoms with van der Waals surface area (Å²) in [6.45, 7) is 5.02. The topological polar surface area (TPSA) is 142 Å². The van der Waals surface area contributed by atoms with E-state index in [0.717, 1.165) is 22.3 Å². The van der Waals surface area contributed by atoms with E-state index in [1.54, 1.807) is 20.8 Å². The molecule has 8 nitrogen and oxygen atoms in total. The Labute approximate surface area is 199 Å². The summed E-state index contributed by atoms with van der Waals surface area (Å²) < 4.78 is 10.7. The fraction of sp³-hybridized carbons (Fsp3) is 0.423. The maximum Gasteiger partial charge on any atom is 0.338 e. The quantitative estimate of drug-likeness (QED) is 0.377. The lowest BCUT2D eigenvalue weighted by Gasteiger charge is -2.28. The molecule has 8 heteroatoms. The minimum atomic E-state index is -2.21. The lowest BCUT2D eigenvalue weighted by atomic mass is 9.92. The van der Waals surface area contributed by atoms with E-state index in [4.69, 9.17) is 20.9 Å². The summed E-state index contributed by atoms with van der Waals surface area (Å²) in [6.07, 6.45) is 0.0285. The molecule has 1 aliphatic carbocycles. The highest BCUT2D eigenvalue weighted by Crippen LogP contribution is 2.44. The first-order valence-electron chi connectivity index (χ1n) is 11.3. The van der Waals surface area contributed by atoms with Gasteiger partial charge in [-0.15, -0.1) is 0 Å². The van der Waals surface area contributed by atoms with Gasteiger partial charge < -0.3 is 26.0 Å². The molecule has 1 aliphatic rings. The molecule has 0 aliphatic heterocycles. The molecule has 2 aromatic carbocycles. The normalized spacial score (nSPS) is 15.6. The molecule has 0 amide bonds. The Bertz CT molecular complexity index is 1030. The van der Waals surface area contributed by atoms with Crippen molar-refractivity contribution in [2.75, 3.05) is 6.61 Å². The molecule has 0 radical (unpaired) electrons. The number of carbonyl (C=O) groups is 3. The van der Waals surface area contributed by atoms with Crippen molar-refractivity contribution in [3.63, 3.8) is 0 Å². The van der Waals surface area contributed by atoms with Gasteiger partial charge in [0.2, 0.25) is 5.54 Å². The van der Waals surface area contributed by atoms with E-state index >= 15 is 0 Å². The first kappa shape index (κ1) is 25.4. The van der Waals surface area contributed by atoms with Crippen LogP contribution >= 0.6 is 0 Å². The fourth-order valence-electron chi connectivity index (χ4n) is 4.10. The van der Waals surface area contributed by atoms with E-state index < -0.39 is 35.1 Å². The third kappa shape index (κ3) is 5.46. The number of hydrogen-bond acceptors (Lipinski definition) is 7. The number of carbonyl (C=O) groups excluding carboxylic acids is 2. The summed E-state index contributed by atoms with van der Waals surface area (Å²) in [5.74, 6) is -3.19. The molecule has 1 unspecified atom stereocenters. The smallest absolute Gasteiger partial charge is 0.338 e. The molecule has 0 saturated heterocycles. The number of hydrogen-bond donors (Lipinski definition) is 3. The van der Waals surface area contributed by atoms with Gasteiger partial charge in [-0.1, -0.05) is 48.5 Å². The lowest BCUT2D eigenvalue weighted by Crippen LogP contribution is -2.57. The summed E-state index contributed by atoms with van der Waals surface area (Å²) in [5, 5.41) is 9.49. The van der Waals surface area contributed by atoms with Gasteiger partial charge in [-0.2, -0.15) is 0 Å². The number of fused-ring (bicyclic) bond motifs is 3. The monoisotopic (exact) mass is 468 g/mol. The van der Waals surface area contributed by atoms with E-state index in [9.17, 15) is 19.5 Å². The number of rotatable bonds is 9. The summed E-state index contributed by atoms with van der Waals surface area (Å²) >= 11 is 0. The van der Waals surface area contributed by atoms with E-state index in [1.807, 2.05) is 48.5 Å². The van der Waals surface area contributed by atoms with E-state index in [0.29, 0.717) is 0 Å². The Kier molecular flexibility index (Phi) is 7.43. The molecule has 2 atom stereocenters. The van der Waals surface area contributed by atoms with Gasteiger partial charge in [0.1, 0.15) is 18.2 Å². The Morgan fingerprint density at radius 1 is 1.00 bits per heavy atom. The molecular formula is C26H32N2O6. The van der Waals surface area contributed by atoms with Crippen molar-refractivity contribution in [2.45, 2.75) is 63.1 Å². The number of esters is 2. The zero-order valence-electron chi connectivity index (χ0n) is 19.7. The van der Waals surface area contributed by atoms with Gasteiger partial charge in [-0.3, -0.25) is 4.79 Å². The Morgan fingerprint density at radius 2 is 1.53 bits per heavy atom. The van der Waals surface area contributed by atoms with E-state index in [-0.39, 0.29) is 31.8 Å². The molecular weight excluding hydrogens is 436 g/mol. The Hall–Kier alpha value is -3.23. The number of carboxylic acid groups (broad SMARTS) is 1. The van der Waals surface area contributed by atoms with E-state index in [1.165, 1.54) is 0 Å². The number of carboxylic acids is 1. The number of nitrogens with two attached hydrogens (primary N) is 2. The van der Waals surface area contributed by atoms with Crippen molar-refractivity contribution in [2.24, 2.45) is 11.5 Å². The third-order valence-electron chi connectivity index (χ3n) is 5.89. The number of benzene rings is 2. The average Bonchev–Trinajstić information content (AvgIpc) is 3.09. The zero-order valence-corrected chi connectivity index (χ0v) is 19.7. The molecule has 0 aromatic heterocycles. The Morgan fingerprint density at radius 3 is 2.03 bits per heavy atom. The van der Waals surface area contributed by atoms with Gasteiger partial charge in [0.25, 0.3) is 0 Å². The van der Waals surface area contributed by atoms with Crippen molar-refractivity contribution in [3.8, 4) is 11.1 Å². The molecule has 0 spiro atoms. The molecule has 5 N–H and O–H groups in total. The predicted molar refractivity (Wildman–Crippen MR) is 127 cm³/mol. The molecule has 0 fully saturated rings. The van der Waals surface area contributed by atoms with Crippen LogP contribution in [0, 0.1) is 0 Å². The van der Waals surface area contributed by atoms with Crippen molar-refractivity contribution in [3.05, 3.63) is 59.7 Å². The van der Waals surface area contributed by atoms with Crippen LogP contribution in [-0.4, -0.2) is 46.8 Å². The van der Waals surface area contributed by atoms with Crippen LogP contribution in [-0.2, 0) is 23.9 Å². The second-order valence-corrected chi connectivity index (χ2v) is 9.63. The number of aliphatic carboxylic acids is 1. The Balaban J connectivity index is 1.57. The molecule has 0 bridgehead atoms. The molecule has 34 heavy (non-hydrogen) atoms. The van der Waals surface area contributed by atoms with Gasteiger partial charge in [-0.25, -0.2) is 9.59 Å². The minimum Gasteiger partial charge on any atom is -0.479 e. The van der Waals surface area contributed by atoms with Crippen LogP contribution in [0.2, 0.25) is 0 Å². The van der Waals surface area contributed by atoms with E-state index in [2.05, 4.69) is 0 Å².